The third-order valence-corrected chi connectivity index (χ3v) is 5.58. The quantitative estimate of drug-likeness (QED) is 0.300. The molecule has 9 heteroatoms. The van der Waals surface area contributed by atoms with E-state index in [0.29, 0.717) is 22.8 Å². The second-order valence-corrected chi connectivity index (χ2v) is 9.95. The predicted molar refractivity (Wildman–Crippen MR) is 144 cm³/mol. The van der Waals surface area contributed by atoms with E-state index in [2.05, 4.69) is 51.9 Å². The highest BCUT2D eigenvalue weighted by molar-refractivity contribution is 6.08. The van der Waals surface area contributed by atoms with Crippen LogP contribution in [-0.4, -0.2) is 52.5 Å². The molecule has 0 aliphatic carbocycles. The molecule has 9 nitrogen and oxygen atoms in total. The van der Waals surface area contributed by atoms with Crippen LogP contribution in [0, 0.1) is 0 Å². The van der Waals surface area contributed by atoms with Gasteiger partial charge in [-0.05, 0) is 67.5 Å². The van der Waals surface area contributed by atoms with E-state index in [1.807, 2.05) is 44.4 Å². The number of aromatic amines is 1. The van der Waals surface area contributed by atoms with Gasteiger partial charge in [0.15, 0.2) is 0 Å². The fraction of sp³-hybridized carbons (Fsp3) is 0.259. The summed E-state index contributed by atoms with van der Waals surface area (Å²) in [5.74, 6) is -0.0102. The molecule has 0 saturated carbocycles. The fourth-order valence-corrected chi connectivity index (χ4v) is 3.89. The van der Waals surface area contributed by atoms with E-state index in [0.717, 1.165) is 22.2 Å². The Morgan fingerprint density at radius 2 is 1.78 bits per heavy atom. The Labute approximate surface area is 210 Å². The lowest BCUT2D eigenvalue weighted by molar-refractivity contribution is -0.116. The molecule has 0 atom stereocenters. The predicted octanol–water partition coefficient (Wildman–Crippen LogP) is 4.75. The number of carbonyl (C=O) groups is 2. The first-order chi connectivity index (χ1) is 17.1. The number of benzene rings is 2. The molecule has 0 aliphatic rings. The lowest BCUT2D eigenvalue weighted by Crippen LogP contribution is -2.28. The molecule has 2 aromatic carbocycles. The van der Waals surface area contributed by atoms with Gasteiger partial charge < -0.3 is 20.9 Å². The number of likely N-dealkylation sites (N-methyl/N-ethyl adjacent to an activating group) is 1. The van der Waals surface area contributed by atoms with Crippen molar-refractivity contribution in [1.29, 1.82) is 0 Å². The smallest absolute Gasteiger partial charge is 0.259 e. The van der Waals surface area contributed by atoms with Gasteiger partial charge in [-0.15, -0.1) is 0 Å². The van der Waals surface area contributed by atoms with Crippen LogP contribution in [0.3, 0.4) is 0 Å². The van der Waals surface area contributed by atoms with E-state index in [-0.39, 0.29) is 23.8 Å². The molecule has 2 aromatic heterocycles. The molecule has 0 saturated heterocycles. The van der Waals surface area contributed by atoms with E-state index in [1.165, 1.54) is 0 Å². The van der Waals surface area contributed by atoms with Crippen molar-refractivity contribution in [2.24, 2.45) is 0 Å². The molecule has 4 N–H and O–H groups in total. The van der Waals surface area contributed by atoms with Crippen LogP contribution in [0.25, 0.3) is 10.9 Å². The number of nitrogens with zero attached hydrogens (tertiary/aromatic N) is 3. The van der Waals surface area contributed by atoms with E-state index in [1.54, 1.807) is 35.5 Å². The maximum absolute atomic E-state index is 13.3. The van der Waals surface area contributed by atoms with Crippen LogP contribution in [-0.2, 0) is 10.2 Å². The molecule has 4 rings (SSSR count). The van der Waals surface area contributed by atoms with Crippen LogP contribution in [0.2, 0.25) is 0 Å². The van der Waals surface area contributed by atoms with Crippen LogP contribution in [0.4, 0.5) is 22.9 Å². The Balaban J connectivity index is 1.57. The Morgan fingerprint density at radius 1 is 1.00 bits per heavy atom. The average Bonchev–Trinajstić information content (AvgIpc) is 3.26. The van der Waals surface area contributed by atoms with Gasteiger partial charge in [0.2, 0.25) is 5.91 Å². The molecule has 0 spiro atoms. The molecular weight excluding hydrogens is 454 g/mol. The molecule has 0 aliphatic heterocycles. The Hall–Kier alpha value is -4.24. The zero-order valence-corrected chi connectivity index (χ0v) is 21.1. The SMILES string of the molecule is CN(C)CC(=O)Nc1cc(NC(=O)c2cccnc2Nc2ccc3cn[nH]c3c2)ccc1C(C)(C)C. The van der Waals surface area contributed by atoms with Gasteiger partial charge in [-0.3, -0.25) is 14.7 Å². The topological polar surface area (TPSA) is 115 Å². The van der Waals surface area contributed by atoms with Gasteiger partial charge in [0, 0.05) is 28.6 Å². The maximum atomic E-state index is 13.3. The van der Waals surface area contributed by atoms with Gasteiger partial charge in [-0.25, -0.2) is 4.98 Å². The number of nitrogens with one attached hydrogen (secondary N) is 4. The van der Waals surface area contributed by atoms with Gasteiger partial charge in [0.05, 0.1) is 23.8 Å². The maximum Gasteiger partial charge on any atom is 0.259 e. The van der Waals surface area contributed by atoms with E-state index >= 15 is 0 Å². The summed E-state index contributed by atoms with van der Waals surface area (Å²) in [6.45, 7) is 6.50. The van der Waals surface area contributed by atoms with Crippen molar-refractivity contribution in [3.63, 3.8) is 0 Å². The van der Waals surface area contributed by atoms with Gasteiger partial charge in [-0.2, -0.15) is 5.10 Å². The summed E-state index contributed by atoms with van der Waals surface area (Å²) in [5, 5.41) is 17.1. The van der Waals surface area contributed by atoms with Crippen LogP contribution in [0.1, 0.15) is 36.7 Å². The molecule has 2 heterocycles. The number of carbonyl (C=O) groups excluding carboxylic acids is 2. The summed E-state index contributed by atoms with van der Waals surface area (Å²) in [6.07, 6.45) is 3.38. The van der Waals surface area contributed by atoms with Gasteiger partial charge >= 0.3 is 0 Å². The number of fused-ring (bicyclic) bond motifs is 1. The summed E-state index contributed by atoms with van der Waals surface area (Å²) in [4.78, 5) is 31.9. The zero-order chi connectivity index (χ0) is 25.9. The number of amides is 2. The number of H-pyrrole nitrogens is 1. The van der Waals surface area contributed by atoms with Crippen molar-refractivity contribution in [2.75, 3.05) is 36.6 Å². The minimum absolute atomic E-state index is 0.123. The highest BCUT2D eigenvalue weighted by Gasteiger charge is 2.21. The van der Waals surface area contributed by atoms with Crippen molar-refractivity contribution in [3.8, 4) is 0 Å². The van der Waals surface area contributed by atoms with Gasteiger partial charge in [0.25, 0.3) is 5.91 Å². The molecule has 0 radical (unpaired) electrons. The summed E-state index contributed by atoms with van der Waals surface area (Å²) < 4.78 is 0. The molecule has 36 heavy (non-hydrogen) atoms. The number of rotatable bonds is 7. The Morgan fingerprint density at radius 3 is 2.53 bits per heavy atom. The van der Waals surface area contributed by atoms with Crippen LogP contribution in [0.15, 0.2) is 60.9 Å². The number of anilines is 4. The normalized spacial score (nSPS) is 11.5. The summed E-state index contributed by atoms with van der Waals surface area (Å²) in [5.41, 5.74) is 4.07. The molecule has 4 aromatic rings. The lowest BCUT2D eigenvalue weighted by Gasteiger charge is -2.24. The second-order valence-electron chi connectivity index (χ2n) is 9.95. The fourth-order valence-electron chi connectivity index (χ4n) is 3.89. The monoisotopic (exact) mass is 485 g/mol. The average molecular weight is 486 g/mol. The zero-order valence-electron chi connectivity index (χ0n) is 21.1. The first kappa shape index (κ1) is 24.9. The number of aromatic nitrogens is 3. The molecule has 0 fully saturated rings. The van der Waals surface area contributed by atoms with E-state index < -0.39 is 0 Å². The molecule has 0 unspecified atom stereocenters. The minimum atomic E-state index is -0.317. The lowest BCUT2D eigenvalue weighted by atomic mass is 9.85. The molecule has 2 amide bonds. The van der Waals surface area contributed by atoms with Crippen LogP contribution >= 0.6 is 0 Å². The Bertz CT molecular complexity index is 1400. The summed E-state index contributed by atoms with van der Waals surface area (Å²) in [7, 11) is 3.68. The first-order valence-electron chi connectivity index (χ1n) is 11.7. The summed E-state index contributed by atoms with van der Waals surface area (Å²) >= 11 is 0. The Kier molecular flexibility index (Phi) is 7.03. The molecular formula is C27H31N7O2. The highest BCUT2D eigenvalue weighted by atomic mass is 16.2. The summed E-state index contributed by atoms with van der Waals surface area (Å²) in [6, 6.07) is 14.7. The van der Waals surface area contributed by atoms with Crippen LogP contribution < -0.4 is 16.0 Å². The van der Waals surface area contributed by atoms with Crippen molar-refractivity contribution in [1.82, 2.24) is 20.1 Å². The highest BCUT2D eigenvalue weighted by Crippen LogP contribution is 2.32. The largest absolute Gasteiger partial charge is 0.340 e. The van der Waals surface area contributed by atoms with E-state index in [4.69, 9.17) is 0 Å². The molecule has 0 bridgehead atoms. The van der Waals surface area contributed by atoms with Crippen molar-refractivity contribution in [3.05, 3.63) is 72.1 Å². The van der Waals surface area contributed by atoms with Crippen molar-refractivity contribution in [2.45, 2.75) is 26.2 Å². The standard InChI is InChI=1S/C27H31N7O2/c1-27(2,3)21-11-10-19(14-23(21)32-24(35)16-34(4)5)31-26(36)20-7-6-12-28-25(20)30-18-9-8-17-15-29-33-22(17)13-18/h6-15H,16H2,1-5H3,(H,28,30)(H,29,33)(H,31,36)(H,32,35). The number of pyridine rings is 1. The van der Waals surface area contributed by atoms with Crippen LogP contribution in [0.5, 0.6) is 0 Å². The van der Waals surface area contributed by atoms with Gasteiger partial charge in [0.1, 0.15) is 5.82 Å². The molecule has 186 valence electrons. The third-order valence-electron chi connectivity index (χ3n) is 5.58. The minimum Gasteiger partial charge on any atom is -0.340 e. The van der Waals surface area contributed by atoms with Gasteiger partial charge in [-0.1, -0.05) is 26.8 Å². The van der Waals surface area contributed by atoms with E-state index in [9.17, 15) is 9.59 Å². The third kappa shape index (κ3) is 5.87. The first-order valence-corrected chi connectivity index (χ1v) is 11.7. The number of hydrogen-bond donors (Lipinski definition) is 4. The number of hydrogen-bond acceptors (Lipinski definition) is 6. The van der Waals surface area contributed by atoms with Crippen molar-refractivity contribution >= 4 is 45.6 Å². The second kappa shape index (κ2) is 10.2. The van der Waals surface area contributed by atoms with Crippen molar-refractivity contribution < 1.29 is 9.59 Å².